The van der Waals surface area contributed by atoms with Crippen LogP contribution in [0.2, 0.25) is 10.0 Å². The summed E-state index contributed by atoms with van der Waals surface area (Å²) in [6.45, 7) is 0. The quantitative estimate of drug-likeness (QED) is 0.676. The summed E-state index contributed by atoms with van der Waals surface area (Å²) in [4.78, 5) is 17.5. The standard InChI is InChI=1S/C16H12Cl2N4OS/c1-24-11-3-4-13(18)12(7-11)16(23)21-14-6-10(17)2-5-15(14)22-9-19-8-20-22/h2-9H,1H3,(H,21,23). The van der Waals surface area contributed by atoms with E-state index in [0.717, 1.165) is 4.90 Å². The van der Waals surface area contributed by atoms with Gasteiger partial charge in [-0.25, -0.2) is 9.67 Å². The summed E-state index contributed by atoms with van der Waals surface area (Å²) in [5, 5.41) is 7.81. The number of carbonyl (C=O) groups is 1. The third kappa shape index (κ3) is 3.56. The van der Waals surface area contributed by atoms with Gasteiger partial charge >= 0.3 is 0 Å². The highest BCUT2D eigenvalue weighted by Crippen LogP contribution is 2.27. The maximum atomic E-state index is 12.6. The van der Waals surface area contributed by atoms with E-state index in [0.29, 0.717) is 27.0 Å². The summed E-state index contributed by atoms with van der Waals surface area (Å²) in [7, 11) is 0. The van der Waals surface area contributed by atoms with Crippen molar-refractivity contribution in [3.05, 3.63) is 64.7 Å². The Kier molecular flexibility index (Phi) is 5.08. The van der Waals surface area contributed by atoms with Gasteiger partial charge in [-0.05, 0) is 42.7 Å². The first-order chi connectivity index (χ1) is 11.6. The fourth-order valence-electron chi connectivity index (χ4n) is 2.14. The van der Waals surface area contributed by atoms with Crippen molar-refractivity contribution in [2.45, 2.75) is 4.90 Å². The minimum absolute atomic E-state index is 0.320. The first-order valence-electron chi connectivity index (χ1n) is 6.88. The molecule has 8 heteroatoms. The molecule has 5 nitrogen and oxygen atoms in total. The molecule has 0 saturated carbocycles. The Balaban J connectivity index is 1.97. The van der Waals surface area contributed by atoms with Gasteiger partial charge in [0, 0.05) is 9.92 Å². The van der Waals surface area contributed by atoms with Crippen molar-refractivity contribution in [1.82, 2.24) is 14.8 Å². The zero-order valence-electron chi connectivity index (χ0n) is 12.5. The molecule has 0 aliphatic rings. The Labute approximate surface area is 153 Å². The largest absolute Gasteiger partial charge is 0.320 e. The third-order valence-corrected chi connectivity index (χ3v) is 4.58. The van der Waals surface area contributed by atoms with Crippen LogP contribution >= 0.6 is 35.0 Å². The Hall–Kier alpha value is -2.02. The normalized spacial score (nSPS) is 10.6. The summed E-state index contributed by atoms with van der Waals surface area (Å²) in [5.74, 6) is -0.320. The van der Waals surface area contributed by atoms with Crippen LogP contribution in [0.5, 0.6) is 0 Å². The number of hydrogen-bond donors (Lipinski definition) is 1. The van der Waals surface area contributed by atoms with Crippen LogP contribution in [-0.2, 0) is 0 Å². The smallest absolute Gasteiger partial charge is 0.257 e. The van der Waals surface area contributed by atoms with Crippen molar-refractivity contribution in [1.29, 1.82) is 0 Å². The fraction of sp³-hybridized carbons (Fsp3) is 0.0625. The molecule has 0 bridgehead atoms. The third-order valence-electron chi connectivity index (χ3n) is 3.29. The van der Waals surface area contributed by atoms with Gasteiger partial charge in [0.1, 0.15) is 12.7 Å². The molecular formula is C16H12Cl2N4OS. The van der Waals surface area contributed by atoms with Crippen molar-refractivity contribution >= 4 is 46.6 Å². The molecule has 0 aliphatic carbocycles. The average Bonchev–Trinajstić information content (AvgIpc) is 3.09. The number of thioether (sulfide) groups is 1. The second kappa shape index (κ2) is 7.25. The number of rotatable bonds is 4. The van der Waals surface area contributed by atoms with Crippen LogP contribution in [0.25, 0.3) is 5.69 Å². The monoisotopic (exact) mass is 378 g/mol. The lowest BCUT2D eigenvalue weighted by molar-refractivity contribution is 0.102. The average molecular weight is 379 g/mol. The second-order valence-electron chi connectivity index (χ2n) is 4.80. The van der Waals surface area contributed by atoms with Crippen molar-refractivity contribution in [3.63, 3.8) is 0 Å². The van der Waals surface area contributed by atoms with E-state index in [4.69, 9.17) is 23.2 Å². The number of hydrogen-bond acceptors (Lipinski definition) is 4. The number of benzene rings is 2. The zero-order chi connectivity index (χ0) is 17.1. The van der Waals surface area contributed by atoms with E-state index in [1.54, 1.807) is 41.3 Å². The van der Waals surface area contributed by atoms with Crippen molar-refractivity contribution in [3.8, 4) is 5.69 Å². The van der Waals surface area contributed by atoms with E-state index in [-0.39, 0.29) is 5.91 Å². The van der Waals surface area contributed by atoms with Gasteiger partial charge in [-0.3, -0.25) is 4.79 Å². The molecule has 1 amide bonds. The number of nitrogens with one attached hydrogen (secondary N) is 1. The van der Waals surface area contributed by atoms with Crippen LogP contribution in [0.4, 0.5) is 5.69 Å². The Bertz CT molecular complexity index is 884. The van der Waals surface area contributed by atoms with Crippen LogP contribution in [0.1, 0.15) is 10.4 Å². The Morgan fingerprint density at radius 3 is 2.75 bits per heavy atom. The first-order valence-corrected chi connectivity index (χ1v) is 8.86. The first kappa shape index (κ1) is 16.8. The molecule has 0 unspecified atom stereocenters. The van der Waals surface area contributed by atoms with E-state index in [1.807, 2.05) is 12.3 Å². The number of anilines is 1. The lowest BCUT2D eigenvalue weighted by Gasteiger charge is -2.12. The Morgan fingerprint density at radius 1 is 1.21 bits per heavy atom. The van der Waals surface area contributed by atoms with Crippen molar-refractivity contribution in [2.75, 3.05) is 11.6 Å². The second-order valence-corrected chi connectivity index (χ2v) is 6.52. The molecule has 0 atom stereocenters. The minimum atomic E-state index is -0.320. The molecule has 1 aromatic heterocycles. The molecule has 0 spiro atoms. The molecule has 24 heavy (non-hydrogen) atoms. The van der Waals surface area contributed by atoms with Gasteiger partial charge < -0.3 is 5.32 Å². The topological polar surface area (TPSA) is 59.8 Å². The van der Waals surface area contributed by atoms with E-state index < -0.39 is 0 Å². The highest BCUT2D eigenvalue weighted by Gasteiger charge is 2.15. The molecule has 0 saturated heterocycles. The van der Waals surface area contributed by atoms with Gasteiger partial charge in [-0.15, -0.1) is 11.8 Å². The number of aromatic nitrogens is 3. The predicted octanol–water partition coefficient (Wildman–Crippen LogP) is 4.55. The van der Waals surface area contributed by atoms with Crippen LogP contribution < -0.4 is 5.32 Å². The molecule has 2 aromatic carbocycles. The number of halogens is 2. The van der Waals surface area contributed by atoms with Crippen molar-refractivity contribution in [2.24, 2.45) is 0 Å². The molecule has 0 aliphatic heterocycles. The van der Waals surface area contributed by atoms with Gasteiger partial charge in [0.25, 0.3) is 5.91 Å². The lowest BCUT2D eigenvalue weighted by Crippen LogP contribution is -2.14. The van der Waals surface area contributed by atoms with Crippen molar-refractivity contribution < 1.29 is 4.79 Å². The lowest BCUT2D eigenvalue weighted by atomic mass is 10.2. The molecule has 3 aromatic rings. The summed E-state index contributed by atoms with van der Waals surface area (Å²) in [6.07, 6.45) is 4.89. The van der Waals surface area contributed by atoms with Gasteiger partial charge in [0.2, 0.25) is 0 Å². The fourth-order valence-corrected chi connectivity index (χ4v) is 2.95. The minimum Gasteiger partial charge on any atom is -0.320 e. The van der Waals surface area contributed by atoms with E-state index >= 15 is 0 Å². The van der Waals surface area contributed by atoms with Gasteiger partial charge in [0.05, 0.1) is 22.0 Å². The Morgan fingerprint density at radius 2 is 2.04 bits per heavy atom. The van der Waals surface area contributed by atoms with Crippen LogP contribution in [-0.4, -0.2) is 26.9 Å². The van der Waals surface area contributed by atoms with Crippen LogP contribution in [0, 0.1) is 0 Å². The molecule has 0 fully saturated rings. The van der Waals surface area contributed by atoms with Crippen LogP contribution in [0.15, 0.2) is 53.9 Å². The molecule has 3 rings (SSSR count). The summed E-state index contributed by atoms with van der Waals surface area (Å²) >= 11 is 13.8. The summed E-state index contributed by atoms with van der Waals surface area (Å²) in [5.41, 5.74) is 1.57. The molecule has 1 N–H and O–H groups in total. The molecular weight excluding hydrogens is 367 g/mol. The SMILES string of the molecule is CSc1ccc(Cl)c(C(=O)Nc2cc(Cl)ccc2-n2cncn2)c1. The van der Waals surface area contributed by atoms with Gasteiger partial charge in [-0.1, -0.05) is 23.2 Å². The summed E-state index contributed by atoms with van der Waals surface area (Å²) in [6, 6.07) is 10.5. The van der Waals surface area contributed by atoms with E-state index in [9.17, 15) is 4.79 Å². The van der Waals surface area contributed by atoms with E-state index in [1.165, 1.54) is 18.1 Å². The summed E-state index contributed by atoms with van der Waals surface area (Å²) < 4.78 is 1.55. The number of amides is 1. The number of carbonyl (C=O) groups excluding carboxylic acids is 1. The predicted molar refractivity (Wildman–Crippen MR) is 97.6 cm³/mol. The highest BCUT2D eigenvalue weighted by atomic mass is 35.5. The van der Waals surface area contributed by atoms with Gasteiger partial charge in [0.15, 0.2) is 0 Å². The maximum Gasteiger partial charge on any atom is 0.257 e. The maximum absolute atomic E-state index is 12.6. The molecule has 1 heterocycles. The zero-order valence-corrected chi connectivity index (χ0v) is 14.9. The highest BCUT2D eigenvalue weighted by molar-refractivity contribution is 7.98. The number of nitrogens with zero attached hydrogens (tertiary/aromatic N) is 3. The van der Waals surface area contributed by atoms with E-state index in [2.05, 4.69) is 15.4 Å². The van der Waals surface area contributed by atoms with Crippen LogP contribution in [0.3, 0.4) is 0 Å². The molecule has 0 radical (unpaired) electrons. The van der Waals surface area contributed by atoms with Gasteiger partial charge in [-0.2, -0.15) is 5.10 Å². The molecule has 122 valence electrons.